The minimum atomic E-state index is -0.0935. The zero-order valence-corrected chi connectivity index (χ0v) is 10.1. The maximum Gasteiger partial charge on any atom is 0.227 e. The normalized spacial score (nSPS) is 10.1. The van der Waals surface area contributed by atoms with Gasteiger partial charge in [-0.15, -0.1) is 0 Å². The van der Waals surface area contributed by atoms with Crippen LogP contribution in [-0.2, 0) is 4.79 Å². The van der Waals surface area contributed by atoms with Crippen molar-refractivity contribution in [1.82, 2.24) is 10.2 Å². The number of carbonyl (C=O) groups excluding carboxylic acids is 1. The predicted octanol–water partition coefficient (Wildman–Crippen LogP) is 2.13. The predicted molar refractivity (Wildman–Crippen MR) is 68.5 cm³/mol. The summed E-state index contributed by atoms with van der Waals surface area (Å²) in [6.07, 6.45) is 3.48. The molecule has 0 spiro atoms. The first-order chi connectivity index (χ1) is 8.74. The third-order valence-corrected chi connectivity index (χ3v) is 2.37. The van der Waals surface area contributed by atoms with Crippen LogP contribution in [0.25, 0.3) is 0 Å². The first-order valence-electron chi connectivity index (χ1n) is 5.72. The zero-order chi connectivity index (χ0) is 12.8. The lowest BCUT2D eigenvalue weighted by Gasteiger charge is -2.06. The van der Waals surface area contributed by atoms with E-state index in [-0.39, 0.29) is 5.91 Å². The number of nitrogens with one attached hydrogen (secondary N) is 2. The zero-order valence-electron chi connectivity index (χ0n) is 10.1. The molecule has 0 aliphatic carbocycles. The second-order valence-corrected chi connectivity index (χ2v) is 3.95. The van der Waals surface area contributed by atoms with Crippen LogP contribution in [0.4, 0.5) is 5.69 Å². The van der Waals surface area contributed by atoms with Crippen LogP contribution >= 0.6 is 0 Å². The molecule has 0 saturated heterocycles. The lowest BCUT2D eigenvalue weighted by atomic mass is 10.2. The van der Waals surface area contributed by atoms with Gasteiger partial charge in [0.2, 0.25) is 5.91 Å². The Labute approximate surface area is 105 Å². The Balaban J connectivity index is 1.73. The van der Waals surface area contributed by atoms with Gasteiger partial charge >= 0.3 is 0 Å². The Morgan fingerprint density at radius 1 is 1.50 bits per heavy atom. The Morgan fingerprint density at radius 3 is 3.11 bits per heavy atom. The monoisotopic (exact) mass is 245 g/mol. The molecule has 0 aliphatic heterocycles. The highest BCUT2D eigenvalue weighted by Gasteiger charge is 2.03. The highest BCUT2D eigenvalue weighted by atomic mass is 16.5. The van der Waals surface area contributed by atoms with Crippen molar-refractivity contribution in [2.24, 2.45) is 0 Å². The number of hydrogen-bond donors (Lipinski definition) is 2. The van der Waals surface area contributed by atoms with Crippen LogP contribution in [0.5, 0.6) is 5.75 Å². The molecule has 18 heavy (non-hydrogen) atoms. The van der Waals surface area contributed by atoms with Gasteiger partial charge in [0.25, 0.3) is 0 Å². The van der Waals surface area contributed by atoms with Crippen molar-refractivity contribution >= 4 is 11.6 Å². The smallest absolute Gasteiger partial charge is 0.227 e. The standard InChI is InChI=1S/C13H15N3O2/c1-10-3-2-4-12(7-10)18-6-5-13(17)16-11-8-14-15-9-11/h2-4,7-9H,5-6H2,1H3,(H,14,15)(H,16,17). The number of H-pyrrole nitrogens is 1. The minimum Gasteiger partial charge on any atom is -0.493 e. The van der Waals surface area contributed by atoms with Gasteiger partial charge in [-0.3, -0.25) is 9.89 Å². The van der Waals surface area contributed by atoms with Gasteiger partial charge < -0.3 is 10.1 Å². The van der Waals surface area contributed by atoms with Crippen LogP contribution in [0.2, 0.25) is 0 Å². The van der Waals surface area contributed by atoms with E-state index in [4.69, 9.17) is 4.74 Å². The molecule has 5 nitrogen and oxygen atoms in total. The third kappa shape index (κ3) is 3.62. The molecule has 0 fully saturated rings. The molecule has 1 aromatic heterocycles. The molecule has 1 heterocycles. The van der Waals surface area contributed by atoms with Gasteiger partial charge in [-0.05, 0) is 24.6 Å². The number of aryl methyl sites for hydroxylation is 1. The number of aromatic amines is 1. The number of hydrogen-bond acceptors (Lipinski definition) is 3. The van der Waals surface area contributed by atoms with E-state index in [0.29, 0.717) is 18.7 Å². The molecule has 1 amide bonds. The van der Waals surface area contributed by atoms with E-state index in [1.807, 2.05) is 31.2 Å². The number of rotatable bonds is 5. The molecule has 0 bridgehead atoms. The summed E-state index contributed by atoms with van der Waals surface area (Å²) in [6.45, 7) is 2.35. The average Bonchev–Trinajstić information content (AvgIpc) is 2.82. The van der Waals surface area contributed by atoms with E-state index in [1.54, 1.807) is 12.4 Å². The molecule has 0 aliphatic rings. The SMILES string of the molecule is Cc1cccc(OCCC(=O)Nc2cn[nH]c2)c1. The molecule has 2 rings (SSSR count). The number of nitrogens with zero attached hydrogens (tertiary/aromatic N) is 1. The number of benzene rings is 1. The summed E-state index contributed by atoms with van der Waals surface area (Å²) in [5.74, 6) is 0.690. The number of carbonyl (C=O) groups is 1. The van der Waals surface area contributed by atoms with Gasteiger partial charge in [-0.25, -0.2) is 0 Å². The number of ether oxygens (including phenoxy) is 1. The summed E-state index contributed by atoms with van der Waals surface area (Å²) in [7, 11) is 0. The fourth-order valence-electron chi connectivity index (χ4n) is 1.51. The Bertz CT molecular complexity index is 509. The van der Waals surface area contributed by atoms with E-state index < -0.39 is 0 Å². The van der Waals surface area contributed by atoms with Crippen LogP contribution in [0, 0.1) is 6.92 Å². The van der Waals surface area contributed by atoms with E-state index in [2.05, 4.69) is 15.5 Å². The van der Waals surface area contributed by atoms with E-state index in [9.17, 15) is 4.79 Å². The second kappa shape index (κ2) is 5.86. The first-order valence-corrected chi connectivity index (χ1v) is 5.72. The van der Waals surface area contributed by atoms with Gasteiger partial charge in [-0.1, -0.05) is 12.1 Å². The third-order valence-electron chi connectivity index (χ3n) is 2.37. The number of amides is 1. The van der Waals surface area contributed by atoms with Crippen LogP contribution in [0.1, 0.15) is 12.0 Å². The van der Waals surface area contributed by atoms with Crippen molar-refractivity contribution in [3.8, 4) is 5.75 Å². The molecule has 1 aromatic carbocycles. The van der Waals surface area contributed by atoms with E-state index in [1.165, 1.54) is 0 Å². The van der Waals surface area contributed by atoms with E-state index >= 15 is 0 Å². The van der Waals surface area contributed by atoms with Gasteiger partial charge in [0.1, 0.15) is 5.75 Å². The largest absolute Gasteiger partial charge is 0.493 e. The fourth-order valence-corrected chi connectivity index (χ4v) is 1.51. The van der Waals surface area contributed by atoms with E-state index in [0.717, 1.165) is 11.3 Å². The summed E-state index contributed by atoms with van der Waals surface area (Å²) < 4.78 is 5.49. The second-order valence-electron chi connectivity index (χ2n) is 3.95. The lowest BCUT2D eigenvalue weighted by Crippen LogP contribution is -2.14. The van der Waals surface area contributed by atoms with Crippen molar-refractivity contribution in [2.75, 3.05) is 11.9 Å². The van der Waals surface area contributed by atoms with Crippen LogP contribution < -0.4 is 10.1 Å². The Kier molecular flexibility index (Phi) is 3.96. The topological polar surface area (TPSA) is 67.0 Å². The Hall–Kier alpha value is -2.30. The molecule has 0 saturated carbocycles. The molecular formula is C13H15N3O2. The molecular weight excluding hydrogens is 230 g/mol. The van der Waals surface area contributed by atoms with Crippen LogP contribution in [0.3, 0.4) is 0 Å². The number of aromatic nitrogens is 2. The average molecular weight is 245 g/mol. The van der Waals surface area contributed by atoms with Crippen molar-refractivity contribution in [3.63, 3.8) is 0 Å². The fraction of sp³-hybridized carbons (Fsp3) is 0.231. The molecule has 0 atom stereocenters. The van der Waals surface area contributed by atoms with Crippen molar-refractivity contribution in [2.45, 2.75) is 13.3 Å². The van der Waals surface area contributed by atoms with Crippen molar-refractivity contribution in [3.05, 3.63) is 42.2 Å². The number of anilines is 1. The molecule has 94 valence electrons. The molecule has 0 unspecified atom stereocenters. The molecule has 2 N–H and O–H groups in total. The lowest BCUT2D eigenvalue weighted by molar-refractivity contribution is -0.116. The maximum absolute atomic E-state index is 11.5. The minimum absolute atomic E-state index is 0.0935. The summed E-state index contributed by atoms with van der Waals surface area (Å²) in [5.41, 5.74) is 1.80. The molecule has 0 radical (unpaired) electrons. The summed E-state index contributed by atoms with van der Waals surface area (Å²) in [4.78, 5) is 11.5. The van der Waals surface area contributed by atoms with Gasteiger partial charge in [0, 0.05) is 6.20 Å². The van der Waals surface area contributed by atoms with Crippen molar-refractivity contribution < 1.29 is 9.53 Å². The summed E-state index contributed by atoms with van der Waals surface area (Å²) in [5, 5.41) is 9.08. The highest BCUT2D eigenvalue weighted by Crippen LogP contribution is 2.12. The van der Waals surface area contributed by atoms with Crippen molar-refractivity contribution in [1.29, 1.82) is 0 Å². The first kappa shape index (κ1) is 12.2. The van der Waals surface area contributed by atoms with Gasteiger partial charge in [-0.2, -0.15) is 5.10 Å². The summed E-state index contributed by atoms with van der Waals surface area (Å²) in [6, 6.07) is 7.74. The quantitative estimate of drug-likeness (QED) is 0.848. The Morgan fingerprint density at radius 2 is 2.39 bits per heavy atom. The molecule has 2 aromatic rings. The van der Waals surface area contributed by atoms with Gasteiger partial charge in [0.15, 0.2) is 0 Å². The van der Waals surface area contributed by atoms with Crippen LogP contribution in [0.15, 0.2) is 36.7 Å². The summed E-state index contributed by atoms with van der Waals surface area (Å²) >= 11 is 0. The van der Waals surface area contributed by atoms with Crippen LogP contribution in [-0.4, -0.2) is 22.7 Å². The van der Waals surface area contributed by atoms with Gasteiger partial charge in [0.05, 0.1) is 24.9 Å². The maximum atomic E-state index is 11.5. The highest BCUT2D eigenvalue weighted by molar-refractivity contribution is 5.90. The molecule has 5 heteroatoms.